The molecular weight excluding hydrogens is 424 g/mol. The second-order valence-electron chi connectivity index (χ2n) is 6.51. The number of nitriles is 1. The Morgan fingerprint density at radius 1 is 0.939 bits per heavy atom. The number of nitrogens with zero attached hydrogens (tertiary/aromatic N) is 2. The van der Waals surface area contributed by atoms with Gasteiger partial charge in [-0.25, -0.2) is 10.2 Å². The van der Waals surface area contributed by atoms with Crippen LogP contribution in [0.5, 0.6) is 11.5 Å². The van der Waals surface area contributed by atoms with Crippen LogP contribution in [-0.4, -0.2) is 31.1 Å². The van der Waals surface area contributed by atoms with E-state index in [-0.39, 0.29) is 11.5 Å². The van der Waals surface area contributed by atoms with Crippen molar-refractivity contribution in [3.05, 3.63) is 89.5 Å². The number of amides is 2. The second kappa shape index (κ2) is 10.9. The van der Waals surface area contributed by atoms with E-state index in [1.807, 2.05) is 6.07 Å². The average Bonchev–Trinajstić information content (AvgIpc) is 2.85. The summed E-state index contributed by atoms with van der Waals surface area (Å²) in [6.07, 6.45) is 1.30. The summed E-state index contributed by atoms with van der Waals surface area (Å²) in [5.74, 6) is -1.92. The van der Waals surface area contributed by atoms with Crippen LogP contribution in [0.15, 0.2) is 77.9 Å². The van der Waals surface area contributed by atoms with Crippen molar-refractivity contribution in [2.24, 2.45) is 5.10 Å². The Hall–Kier alpha value is -4.97. The van der Waals surface area contributed by atoms with Gasteiger partial charge in [-0.15, -0.1) is 0 Å². The number of hydrazone groups is 1. The lowest BCUT2D eigenvalue weighted by Crippen LogP contribution is -2.32. The van der Waals surface area contributed by atoms with E-state index in [1.165, 1.54) is 43.7 Å². The predicted molar refractivity (Wildman–Crippen MR) is 120 cm³/mol. The van der Waals surface area contributed by atoms with Crippen LogP contribution >= 0.6 is 0 Å². The highest BCUT2D eigenvalue weighted by molar-refractivity contribution is 6.39. The van der Waals surface area contributed by atoms with Crippen molar-refractivity contribution in [2.75, 3.05) is 12.4 Å². The highest BCUT2D eigenvalue weighted by Crippen LogP contribution is 2.28. The molecule has 0 aliphatic carbocycles. The summed E-state index contributed by atoms with van der Waals surface area (Å²) < 4.78 is 10.6. The molecule has 0 spiro atoms. The lowest BCUT2D eigenvalue weighted by molar-refractivity contribution is -0.136. The molecular formula is C24H18N4O5. The van der Waals surface area contributed by atoms with Crippen LogP contribution in [0.3, 0.4) is 0 Å². The summed E-state index contributed by atoms with van der Waals surface area (Å²) in [6.45, 7) is 0. The molecule has 0 aliphatic rings. The molecule has 9 heteroatoms. The first-order chi connectivity index (χ1) is 16.0. The van der Waals surface area contributed by atoms with Gasteiger partial charge in [0.05, 0.1) is 30.5 Å². The third kappa shape index (κ3) is 6.26. The maximum atomic E-state index is 12.2. The molecule has 2 N–H and O–H groups in total. The molecule has 9 nitrogen and oxygen atoms in total. The molecule has 164 valence electrons. The van der Waals surface area contributed by atoms with Crippen LogP contribution in [0.2, 0.25) is 0 Å². The van der Waals surface area contributed by atoms with Crippen molar-refractivity contribution in [2.45, 2.75) is 0 Å². The lowest BCUT2D eigenvalue weighted by atomic mass is 10.2. The molecule has 0 radical (unpaired) electrons. The molecule has 3 rings (SSSR count). The molecule has 0 saturated carbocycles. The van der Waals surface area contributed by atoms with Crippen molar-refractivity contribution < 1.29 is 23.9 Å². The van der Waals surface area contributed by atoms with E-state index in [0.29, 0.717) is 22.4 Å². The molecule has 0 bridgehead atoms. The Morgan fingerprint density at radius 2 is 1.67 bits per heavy atom. The minimum Gasteiger partial charge on any atom is -0.493 e. The fourth-order valence-corrected chi connectivity index (χ4v) is 2.61. The maximum Gasteiger partial charge on any atom is 0.343 e. The molecule has 33 heavy (non-hydrogen) atoms. The van der Waals surface area contributed by atoms with Crippen LogP contribution in [0.1, 0.15) is 21.5 Å². The van der Waals surface area contributed by atoms with Crippen LogP contribution < -0.4 is 20.2 Å². The Kier molecular flexibility index (Phi) is 7.49. The second-order valence-corrected chi connectivity index (χ2v) is 6.51. The van der Waals surface area contributed by atoms with E-state index in [9.17, 15) is 14.4 Å². The Labute approximate surface area is 189 Å². The normalized spacial score (nSPS) is 10.2. The number of rotatable bonds is 6. The first-order valence-electron chi connectivity index (χ1n) is 9.60. The monoisotopic (exact) mass is 442 g/mol. The van der Waals surface area contributed by atoms with E-state index in [4.69, 9.17) is 14.7 Å². The summed E-state index contributed by atoms with van der Waals surface area (Å²) in [6, 6.07) is 21.2. The van der Waals surface area contributed by atoms with Crippen molar-refractivity contribution in [3.63, 3.8) is 0 Å². The van der Waals surface area contributed by atoms with Crippen molar-refractivity contribution in [1.29, 1.82) is 5.26 Å². The number of methoxy groups -OCH3 is 1. The van der Waals surface area contributed by atoms with Gasteiger partial charge in [0.25, 0.3) is 0 Å². The van der Waals surface area contributed by atoms with E-state index in [0.717, 1.165) is 0 Å². The van der Waals surface area contributed by atoms with E-state index in [2.05, 4.69) is 15.8 Å². The van der Waals surface area contributed by atoms with Crippen LogP contribution in [-0.2, 0) is 9.59 Å². The van der Waals surface area contributed by atoms with Gasteiger partial charge < -0.3 is 14.8 Å². The van der Waals surface area contributed by atoms with Gasteiger partial charge in [0.1, 0.15) is 0 Å². The number of carbonyl (C=O) groups is 3. The topological polar surface area (TPSA) is 130 Å². The Bertz CT molecular complexity index is 1230. The molecule has 3 aromatic carbocycles. The van der Waals surface area contributed by atoms with Gasteiger partial charge in [-0.1, -0.05) is 18.2 Å². The number of esters is 1. The van der Waals surface area contributed by atoms with Gasteiger partial charge in [0.2, 0.25) is 0 Å². The molecule has 0 saturated heterocycles. The van der Waals surface area contributed by atoms with Crippen molar-refractivity contribution in [3.8, 4) is 17.6 Å². The number of carbonyl (C=O) groups excluding carboxylic acids is 3. The van der Waals surface area contributed by atoms with Gasteiger partial charge in [-0.05, 0) is 60.2 Å². The first-order valence-corrected chi connectivity index (χ1v) is 9.60. The summed E-state index contributed by atoms with van der Waals surface area (Å²) in [5, 5.41) is 14.9. The molecule has 0 unspecified atom stereocenters. The zero-order valence-electron chi connectivity index (χ0n) is 17.4. The van der Waals surface area contributed by atoms with E-state index in [1.54, 1.807) is 42.5 Å². The molecule has 0 atom stereocenters. The highest BCUT2D eigenvalue weighted by atomic mass is 16.6. The lowest BCUT2D eigenvalue weighted by Gasteiger charge is -2.10. The largest absolute Gasteiger partial charge is 0.493 e. The fourth-order valence-electron chi connectivity index (χ4n) is 2.61. The van der Waals surface area contributed by atoms with Gasteiger partial charge in [-0.2, -0.15) is 10.4 Å². The minimum absolute atomic E-state index is 0.217. The third-order valence-electron chi connectivity index (χ3n) is 4.26. The number of hydrogen-bond acceptors (Lipinski definition) is 7. The number of nitrogens with one attached hydrogen (secondary N) is 2. The van der Waals surface area contributed by atoms with Crippen LogP contribution in [0, 0.1) is 11.3 Å². The highest BCUT2D eigenvalue weighted by Gasteiger charge is 2.14. The first kappa shape index (κ1) is 22.7. The van der Waals surface area contributed by atoms with Crippen LogP contribution in [0.25, 0.3) is 0 Å². The molecule has 0 heterocycles. The third-order valence-corrected chi connectivity index (χ3v) is 4.26. The quantitative estimate of drug-likeness (QED) is 0.199. The maximum absolute atomic E-state index is 12.2. The van der Waals surface area contributed by atoms with Gasteiger partial charge in [0.15, 0.2) is 11.5 Å². The van der Waals surface area contributed by atoms with Gasteiger partial charge in [0, 0.05) is 5.69 Å². The van der Waals surface area contributed by atoms with Crippen molar-refractivity contribution in [1.82, 2.24) is 5.43 Å². The van der Waals surface area contributed by atoms with Crippen LogP contribution in [0.4, 0.5) is 5.69 Å². The fraction of sp³-hybridized carbons (Fsp3) is 0.0417. The molecule has 2 amide bonds. The predicted octanol–water partition coefficient (Wildman–Crippen LogP) is 2.87. The zero-order chi connectivity index (χ0) is 23.6. The molecule has 0 aliphatic heterocycles. The Balaban J connectivity index is 1.58. The molecule has 0 aromatic heterocycles. The summed E-state index contributed by atoms with van der Waals surface area (Å²) in [7, 11) is 1.42. The number of hydrogen-bond donors (Lipinski definition) is 2. The standard InChI is InChI=1S/C24H18N4O5/c1-32-21-13-17(9-12-20(21)33-24(31)18-5-3-2-4-6-18)15-26-28-23(30)22(29)27-19-10-7-16(14-25)8-11-19/h2-13,15H,1H3,(H,27,29)(H,28,30)/b26-15+. The summed E-state index contributed by atoms with van der Waals surface area (Å²) in [5.41, 5.74) is 3.84. The molecule has 0 fully saturated rings. The van der Waals surface area contributed by atoms with Crippen molar-refractivity contribution >= 4 is 29.7 Å². The summed E-state index contributed by atoms with van der Waals surface area (Å²) >= 11 is 0. The average molecular weight is 442 g/mol. The van der Waals surface area contributed by atoms with Gasteiger partial charge in [-0.3, -0.25) is 9.59 Å². The number of ether oxygens (including phenoxy) is 2. The Morgan fingerprint density at radius 3 is 2.33 bits per heavy atom. The zero-order valence-corrected chi connectivity index (χ0v) is 17.4. The number of anilines is 1. The smallest absolute Gasteiger partial charge is 0.343 e. The van der Waals surface area contributed by atoms with E-state index >= 15 is 0 Å². The van der Waals surface area contributed by atoms with Gasteiger partial charge >= 0.3 is 17.8 Å². The SMILES string of the molecule is COc1cc(/C=N/NC(=O)C(=O)Nc2ccc(C#N)cc2)ccc1OC(=O)c1ccccc1. The molecule has 3 aromatic rings. The minimum atomic E-state index is -0.976. The number of benzene rings is 3. The summed E-state index contributed by atoms with van der Waals surface area (Å²) in [4.78, 5) is 36.1. The van der Waals surface area contributed by atoms with E-state index < -0.39 is 17.8 Å².